The summed E-state index contributed by atoms with van der Waals surface area (Å²) in [5.74, 6) is 0.640. The van der Waals surface area contributed by atoms with Crippen LogP contribution in [0.2, 0.25) is 0 Å². The highest BCUT2D eigenvalue weighted by atomic mass is 32.2. The first-order valence-electron chi connectivity index (χ1n) is 6.38. The van der Waals surface area contributed by atoms with E-state index in [0.717, 1.165) is 6.54 Å². The molecule has 20 heavy (non-hydrogen) atoms. The third-order valence-electron chi connectivity index (χ3n) is 2.81. The van der Waals surface area contributed by atoms with Gasteiger partial charge in [-0.2, -0.15) is 0 Å². The average molecular weight is 319 g/mol. The maximum absolute atomic E-state index is 12.0. The highest BCUT2D eigenvalue weighted by Crippen LogP contribution is 2.10. The van der Waals surface area contributed by atoms with Gasteiger partial charge in [-0.3, -0.25) is 4.21 Å². The summed E-state index contributed by atoms with van der Waals surface area (Å²) in [5.41, 5.74) is 0. The van der Waals surface area contributed by atoms with Crippen molar-refractivity contribution in [3.05, 3.63) is 18.3 Å². The number of anilines is 1. The normalized spacial score (nSPS) is 14.8. The van der Waals surface area contributed by atoms with Crippen molar-refractivity contribution in [2.24, 2.45) is 0 Å². The van der Waals surface area contributed by atoms with E-state index >= 15 is 0 Å². The van der Waals surface area contributed by atoms with Gasteiger partial charge in [0.1, 0.15) is 10.7 Å². The fourth-order valence-electron chi connectivity index (χ4n) is 1.47. The Bertz CT molecular complexity index is 544. The van der Waals surface area contributed by atoms with Crippen LogP contribution in [0.5, 0.6) is 0 Å². The van der Waals surface area contributed by atoms with E-state index in [1.165, 1.54) is 12.3 Å². The van der Waals surface area contributed by atoms with Crippen LogP contribution >= 0.6 is 0 Å². The van der Waals surface area contributed by atoms with Crippen molar-refractivity contribution >= 4 is 26.6 Å². The van der Waals surface area contributed by atoms with E-state index in [1.807, 2.05) is 13.8 Å². The third-order valence-corrected chi connectivity index (χ3v) is 5.63. The molecule has 0 radical (unpaired) electrons. The highest BCUT2D eigenvalue weighted by molar-refractivity contribution is 7.89. The summed E-state index contributed by atoms with van der Waals surface area (Å²) in [6.07, 6.45) is 3.47. The standard InChI is InChI=1S/C12H21N3O3S2/c1-4-13-12-6-5-11(9-14-12)20(17,18)15-8-7-10(2)19(3)16/h5-6,9-10,15H,4,7-8H2,1-3H3,(H,13,14). The van der Waals surface area contributed by atoms with Crippen LogP contribution in [0.3, 0.4) is 0 Å². The van der Waals surface area contributed by atoms with Gasteiger partial charge in [0.15, 0.2) is 0 Å². The first-order chi connectivity index (χ1) is 9.36. The lowest BCUT2D eigenvalue weighted by molar-refractivity contribution is 0.577. The molecule has 0 fully saturated rings. The Balaban J connectivity index is 2.62. The monoisotopic (exact) mass is 319 g/mol. The Morgan fingerprint density at radius 3 is 2.60 bits per heavy atom. The zero-order chi connectivity index (χ0) is 15.2. The lowest BCUT2D eigenvalue weighted by Crippen LogP contribution is -2.27. The average Bonchev–Trinajstić information content (AvgIpc) is 2.39. The minimum Gasteiger partial charge on any atom is -0.370 e. The Morgan fingerprint density at radius 2 is 2.10 bits per heavy atom. The van der Waals surface area contributed by atoms with E-state index in [2.05, 4.69) is 15.0 Å². The molecule has 0 aliphatic carbocycles. The molecular weight excluding hydrogens is 298 g/mol. The third kappa shape index (κ3) is 5.18. The van der Waals surface area contributed by atoms with Gasteiger partial charge in [-0.15, -0.1) is 0 Å². The largest absolute Gasteiger partial charge is 0.370 e. The van der Waals surface area contributed by atoms with Crippen LogP contribution < -0.4 is 10.0 Å². The number of nitrogens with one attached hydrogen (secondary N) is 2. The minimum absolute atomic E-state index is 0.0352. The number of rotatable bonds is 8. The molecule has 0 aliphatic rings. The van der Waals surface area contributed by atoms with Crippen molar-refractivity contribution < 1.29 is 12.6 Å². The van der Waals surface area contributed by atoms with Crippen molar-refractivity contribution in [3.8, 4) is 0 Å². The maximum Gasteiger partial charge on any atom is 0.242 e. The molecule has 0 aliphatic heterocycles. The van der Waals surface area contributed by atoms with E-state index < -0.39 is 20.8 Å². The summed E-state index contributed by atoms with van der Waals surface area (Å²) >= 11 is 0. The van der Waals surface area contributed by atoms with Crippen LogP contribution in [0.4, 0.5) is 5.82 Å². The minimum atomic E-state index is -3.55. The second-order valence-corrected chi connectivity index (χ2v) is 7.97. The van der Waals surface area contributed by atoms with Crippen molar-refractivity contribution in [2.45, 2.75) is 30.4 Å². The van der Waals surface area contributed by atoms with E-state index in [-0.39, 0.29) is 16.7 Å². The van der Waals surface area contributed by atoms with Gasteiger partial charge in [0, 0.05) is 41.6 Å². The molecule has 0 aromatic carbocycles. The summed E-state index contributed by atoms with van der Waals surface area (Å²) in [4.78, 5) is 4.16. The Morgan fingerprint density at radius 1 is 1.40 bits per heavy atom. The summed E-state index contributed by atoms with van der Waals surface area (Å²) in [6, 6.07) is 3.14. The number of nitrogens with zero attached hydrogens (tertiary/aromatic N) is 1. The van der Waals surface area contributed by atoms with Gasteiger partial charge in [0.25, 0.3) is 0 Å². The number of aromatic nitrogens is 1. The zero-order valence-electron chi connectivity index (χ0n) is 11.9. The molecular formula is C12H21N3O3S2. The second kappa shape index (κ2) is 7.70. The van der Waals surface area contributed by atoms with Gasteiger partial charge in [0.2, 0.25) is 10.0 Å². The van der Waals surface area contributed by atoms with E-state index in [4.69, 9.17) is 0 Å². The molecule has 2 atom stereocenters. The molecule has 0 spiro atoms. The first kappa shape index (κ1) is 17.1. The quantitative estimate of drug-likeness (QED) is 0.745. The zero-order valence-corrected chi connectivity index (χ0v) is 13.6. The van der Waals surface area contributed by atoms with Crippen LogP contribution in [-0.2, 0) is 20.8 Å². The molecule has 2 unspecified atom stereocenters. The van der Waals surface area contributed by atoms with Crippen LogP contribution in [-0.4, -0.2) is 42.2 Å². The molecule has 1 rings (SSSR count). The maximum atomic E-state index is 12.0. The number of pyridine rings is 1. The molecule has 0 saturated heterocycles. The van der Waals surface area contributed by atoms with Crippen LogP contribution in [0.25, 0.3) is 0 Å². The van der Waals surface area contributed by atoms with Gasteiger partial charge in [-0.1, -0.05) is 6.92 Å². The molecule has 1 aromatic heterocycles. The van der Waals surface area contributed by atoms with Crippen LogP contribution in [0.15, 0.2) is 23.2 Å². The Hall–Kier alpha value is -0.990. The summed E-state index contributed by atoms with van der Waals surface area (Å²) in [5, 5.41) is 2.96. The Kier molecular flexibility index (Phi) is 6.57. The van der Waals surface area contributed by atoms with Crippen molar-refractivity contribution in [1.29, 1.82) is 0 Å². The smallest absolute Gasteiger partial charge is 0.242 e. The lowest BCUT2D eigenvalue weighted by atomic mass is 10.3. The molecule has 0 saturated carbocycles. The predicted octanol–water partition coefficient (Wildman–Crippen LogP) is 0.949. The lowest BCUT2D eigenvalue weighted by Gasteiger charge is -2.10. The predicted molar refractivity (Wildman–Crippen MR) is 81.7 cm³/mol. The van der Waals surface area contributed by atoms with Gasteiger partial charge in [0.05, 0.1) is 0 Å². The molecule has 2 N–H and O–H groups in total. The van der Waals surface area contributed by atoms with Gasteiger partial charge in [-0.05, 0) is 25.5 Å². The number of hydrogen-bond acceptors (Lipinski definition) is 5. The van der Waals surface area contributed by atoms with Crippen molar-refractivity contribution in [1.82, 2.24) is 9.71 Å². The molecule has 0 bridgehead atoms. The van der Waals surface area contributed by atoms with Crippen molar-refractivity contribution in [2.75, 3.05) is 24.7 Å². The number of hydrogen-bond donors (Lipinski definition) is 2. The van der Waals surface area contributed by atoms with E-state index in [1.54, 1.807) is 12.3 Å². The fraction of sp³-hybridized carbons (Fsp3) is 0.583. The van der Waals surface area contributed by atoms with Gasteiger partial charge in [-0.25, -0.2) is 18.1 Å². The molecule has 8 heteroatoms. The highest BCUT2D eigenvalue weighted by Gasteiger charge is 2.15. The van der Waals surface area contributed by atoms with Gasteiger partial charge >= 0.3 is 0 Å². The summed E-state index contributed by atoms with van der Waals surface area (Å²) < 4.78 is 37.7. The van der Waals surface area contributed by atoms with Crippen molar-refractivity contribution in [3.63, 3.8) is 0 Å². The summed E-state index contributed by atoms with van der Waals surface area (Å²) in [7, 11) is -4.50. The summed E-state index contributed by atoms with van der Waals surface area (Å²) in [6.45, 7) is 4.76. The molecule has 6 nitrogen and oxygen atoms in total. The molecule has 1 aromatic rings. The van der Waals surface area contributed by atoms with Gasteiger partial charge < -0.3 is 5.32 Å². The number of sulfonamides is 1. The van der Waals surface area contributed by atoms with E-state index in [9.17, 15) is 12.6 Å². The molecule has 1 heterocycles. The molecule has 0 amide bonds. The topological polar surface area (TPSA) is 88.2 Å². The Labute approximate surface area is 122 Å². The fourth-order valence-corrected chi connectivity index (χ4v) is 2.91. The van der Waals surface area contributed by atoms with Crippen LogP contribution in [0.1, 0.15) is 20.3 Å². The SMILES string of the molecule is CCNc1ccc(S(=O)(=O)NCCC(C)S(C)=O)cn1. The van der Waals surface area contributed by atoms with Crippen LogP contribution in [0, 0.1) is 0 Å². The second-order valence-electron chi connectivity index (χ2n) is 4.41. The molecule has 114 valence electrons. The first-order valence-corrected chi connectivity index (χ1v) is 9.49. The van der Waals surface area contributed by atoms with E-state index in [0.29, 0.717) is 12.2 Å².